The lowest BCUT2D eigenvalue weighted by molar-refractivity contribution is 0.0595. The Kier molecular flexibility index (Phi) is 5.15. The molecule has 6 nitrogen and oxygen atoms in total. The van der Waals surface area contributed by atoms with Crippen LogP contribution in [0.1, 0.15) is 29.6 Å². The molecule has 0 spiro atoms. The van der Waals surface area contributed by atoms with Crippen LogP contribution in [0.2, 0.25) is 0 Å². The van der Waals surface area contributed by atoms with E-state index in [1.807, 2.05) is 0 Å². The summed E-state index contributed by atoms with van der Waals surface area (Å²) in [5, 5.41) is 0. The van der Waals surface area contributed by atoms with Crippen LogP contribution in [0.3, 0.4) is 0 Å². The summed E-state index contributed by atoms with van der Waals surface area (Å²) in [6.45, 7) is 0.389. The van der Waals surface area contributed by atoms with Gasteiger partial charge in [0.1, 0.15) is 5.82 Å². The van der Waals surface area contributed by atoms with E-state index in [-0.39, 0.29) is 22.4 Å². The highest BCUT2D eigenvalue weighted by Crippen LogP contribution is 2.27. The van der Waals surface area contributed by atoms with Crippen LogP contribution < -0.4 is 10.5 Å². The first kappa shape index (κ1) is 16.9. The lowest BCUT2D eigenvalue weighted by Crippen LogP contribution is -2.40. The molecule has 0 aromatic heterocycles. The zero-order valence-corrected chi connectivity index (χ0v) is 13.0. The SMILES string of the molecule is COC(=O)c1cc(F)ccc1S(=O)(=O)NC1CCCC1CN. The highest BCUT2D eigenvalue weighted by molar-refractivity contribution is 7.89. The standard InChI is InChI=1S/C14H19FN2O4S/c1-21-14(18)11-7-10(15)5-6-13(11)22(19,20)17-12-4-2-3-9(12)8-16/h5-7,9,12,17H,2-4,8,16H2,1H3. The fourth-order valence-electron chi connectivity index (χ4n) is 2.74. The Balaban J connectivity index is 2.35. The number of nitrogens with two attached hydrogens (primary N) is 1. The molecule has 8 heteroatoms. The minimum atomic E-state index is -3.96. The number of rotatable bonds is 5. The van der Waals surface area contributed by atoms with Crippen LogP contribution in [-0.4, -0.2) is 34.1 Å². The highest BCUT2D eigenvalue weighted by Gasteiger charge is 2.32. The van der Waals surface area contributed by atoms with Crippen molar-refractivity contribution in [2.75, 3.05) is 13.7 Å². The van der Waals surface area contributed by atoms with Gasteiger partial charge in [-0.3, -0.25) is 0 Å². The van der Waals surface area contributed by atoms with Gasteiger partial charge in [-0.1, -0.05) is 6.42 Å². The third-order valence-corrected chi connectivity index (χ3v) is 5.45. The minimum Gasteiger partial charge on any atom is -0.465 e. The number of halogens is 1. The van der Waals surface area contributed by atoms with Gasteiger partial charge >= 0.3 is 5.97 Å². The topological polar surface area (TPSA) is 98.5 Å². The highest BCUT2D eigenvalue weighted by atomic mass is 32.2. The number of hydrogen-bond donors (Lipinski definition) is 2. The molecule has 0 aliphatic heterocycles. The normalized spacial score (nSPS) is 21.8. The lowest BCUT2D eigenvalue weighted by atomic mass is 10.1. The molecule has 1 aromatic rings. The summed E-state index contributed by atoms with van der Waals surface area (Å²) in [5.41, 5.74) is 5.32. The lowest BCUT2D eigenvalue weighted by Gasteiger charge is -2.20. The largest absolute Gasteiger partial charge is 0.465 e. The fraction of sp³-hybridized carbons (Fsp3) is 0.500. The number of nitrogens with one attached hydrogen (secondary N) is 1. The predicted molar refractivity (Wildman–Crippen MR) is 78.2 cm³/mol. The quantitative estimate of drug-likeness (QED) is 0.785. The molecule has 0 amide bonds. The van der Waals surface area contributed by atoms with Crippen LogP contribution >= 0.6 is 0 Å². The Labute approximate surface area is 128 Å². The van der Waals surface area contributed by atoms with Crippen molar-refractivity contribution in [3.63, 3.8) is 0 Å². The third kappa shape index (κ3) is 3.45. The van der Waals surface area contributed by atoms with Gasteiger partial charge < -0.3 is 10.5 Å². The smallest absolute Gasteiger partial charge is 0.339 e. The van der Waals surface area contributed by atoms with Gasteiger partial charge in [0.05, 0.1) is 17.6 Å². The van der Waals surface area contributed by atoms with Crippen LogP contribution in [0.5, 0.6) is 0 Å². The van der Waals surface area contributed by atoms with Crippen molar-refractivity contribution in [2.45, 2.75) is 30.2 Å². The molecule has 1 aliphatic carbocycles. The zero-order valence-electron chi connectivity index (χ0n) is 12.2. The number of methoxy groups -OCH3 is 1. The van der Waals surface area contributed by atoms with Crippen molar-refractivity contribution in [1.82, 2.24) is 4.72 Å². The van der Waals surface area contributed by atoms with Gasteiger partial charge in [0, 0.05) is 6.04 Å². The molecule has 1 saturated carbocycles. The number of sulfonamides is 1. The summed E-state index contributed by atoms with van der Waals surface area (Å²) in [6, 6.07) is 2.65. The van der Waals surface area contributed by atoms with E-state index in [9.17, 15) is 17.6 Å². The number of benzene rings is 1. The molecule has 2 atom stereocenters. The molecule has 3 N–H and O–H groups in total. The number of carbonyl (C=O) groups is 1. The summed E-state index contributed by atoms with van der Waals surface area (Å²) < 4.78 is 45.4. The van der Waals surface area contributed by atoms with Crippen LogP contribution in [0.15, 0.2) is 23.1 Å². The molecule has 2 unspecified atom stereocenters. The van der Waals surface area contributed by atoms with Crippen LogP contribution in [0.4, 0.5) is 4.39 Å². The Morgan fingerprint density at radius 2 is 2.18 bits per heavy atom. The Hall–Kier alpha value is -1.51. The van der Waals surface area contributed by atoms with E-state index in [0.29, 0.717) is 13.0 Å². The van der Waals surface area contributed by atoms with Crippen molar-refractivity contribution in [2.24, 2.45) is 11.7 Å². The van der Waals surface area contributed by atoms with E-state index in [2.05, 4.69) is 9.46 Å². The van der Waals surface area contributed by atoms with Crippen LogP contribution in [0, 0.1) is 11.7 Å². The molecule has 122 valence electrons. The minimum absolute atomic E-state index is 0.0665. The van der Waals surface area contributed by atoms with Gasteiger partial charge in [-0.05, 0) is 43.5 Å². The van der Waals surface area contributed by atoms with Gasteiger partial charge in [-0.15, -0.1) is 0 Å². The molecule has 1 fully saturated rings. The molecule has 22 heavy (non-hydrogen) atoms. The second kappa shape index (κ2) is 6.72. The summed E-state index contributed by atoms with van der Waals surface area (Å²) in [7, 11) is -2.85. The Morgan fingerprint density at radius 1 is 1.45 bits per heavy atom. The summed E-state index contributed by atoms with van der Waals surface area (Å²) in [4.78, 5) is 11.4. The van der Waals surface area contributed by atoms with Crippen molar-refractivity contribution in [3.05, 3.63) is 29.6 Å². The summed E-state index contributed by atoms with van der Waals surface area (Å²) >= 11 is 0. The summed E-state index contributed by atoms with van der Waals surface area (Å²) in [5.74, 6) is -1.54. The van der Waals surface area contributed by atoms with E-state index in [1.54, 1.807) is 0 Å². The van der Waals surface area contributed by atoms with E-state index in [1.165, 1.54) is 0 Å². The molecule has 0 heterocycles. The van der Waals surface area contributed by atoms with Gasteiger partial charge in [0.2, 0.25) is 10.0 Å². The number of ether oxygens (including phenoxy) is 1. The van der Waals surface area contributed by atoms with Gasteiger partial charge in [0.25, 0.3) is 0 Å². The van der Waals surface area contributed by atoms with E-state index in [4.69, 9.17) is 5.73 Å². The molecule has 0 bridgehead atoms. The van der Waals surface area contributed by atoms with Crippen molar-refractivity contribution in [3.8, 4) is 0 Å². The predicted octanol–water partition coefficient (Wildman–Crippen LogP) is 1.02. The molecular weight excluding hydrogens is 311 g/mol. The maximum atomic E-state index is 13.3. The molecule has 0 saturated heterocycles. The molecule has 0 radical (unpaired) electrons. The number of carbonyl (C=O) groups excluding carboxylic acids is 1. The Morgan fingerprint density at radius 3 is 2.82 bits per heavy atom. The van der Waals surface area contributed by atoms with Crippen LogP contribution in [-0.2, 0) is 14.8 Å². The molecular formula is C14H19FN2O4S. The second-order valence-electron chi connectivity index (χ2n) is 5.29. The molecule has 1 aromatic carbocycles. The fourth-order valence-corrected chi connectivity index (χ4v) is 4.26. The molecule has 2 rings (SSSR count). The van der Waals surface area contributed by atoms with E-state index >= 15 is 0 Å². The number of esters is 1. The maximum Gasteiger partial charge on any atom is 0.339 e. The number of hydrogen-bond acceptors (Lipinski definition) is 5. The van der Waals surface area contributed by atoms with Gasteiger partial charge in [-0.25, -0.2) is 22.3 Å². The van der Waals surface area contributed by atoms with Crippen molar-refractivity contribution >= 4 is 16.0 Å². The summed E-state index contributed by atoms with van der Waals surface area (Å²) in [6.07, 6.45) is 2.44. The van der Waals surface area contributed by atoms with E-state index < -0.39 is 21.8 Å². The maximum absolute atomic E-state index is 13.3. The first-order chi connectivity index (χ1) is 10.4. The monoisotopic (exact) mass is 330 g/mol. The van der Waals surface area contributed by atoms with Gasteiger partial charge in [0.15, 0.2) is 0 Å². The first-order valence-corrected chi connectivity index (χ1v) is 8.47. The third-order valence-electron chi connectivity index (χ3n) is 3.90. The second-order valence-corrected chi connectivity index (χ2v) is 6.97. The first-order valence-electron chi connectivity index (χ1n) is 6.99. The average Bonchev–Trinajstić information content (AvgIpc) is 2.92. The van der Waals surface area contributed by atoms with Crippen molar-refractivity contribution < 1.29 is 22.3 Å². The van der Waals surface area contributed by atoms with Crippen LogP contribution in [0.25, 0.3) is 0 Å². The van der Waals surface area contributed by atoms with Crippen molar-refractivity contribution in [1.29, 1.82) is 0 Å². The Bertz CT molecular complexity index is 663. The molecule has 1 aliphatic rings. The van der Waals surface area contributed by atoms with E-state index in [0.717, 1.165) is 38.2 Å². The zero-order chi connectivity index (χ0) is 16.3. The average molecular weight is 330 g/mol. The van der Waals surface area contributed by atoms with Gasteiger partial charge in [-0.2, -0.15) is 0 Å².